The first kappa shape index (κ1) is 10.7. The Labute approximate surface area is 106 Å². The van der Waals surface area contributed by atoms with Crippen LogP contribution in [0.2, 0.25) is 0 Å². The second-order valence-corrected chi connectivity index (χ2v) is 4.15. The number of benzene rings is 2. The number of hydrogen-bond acceptors (Lipinski definition) is 2. The molecule has 0 bridgehead atoms. The molecular formula is C16H13NO. The van der Waals surface area contributed by atoms with Crippen molar-refractivity contribution in [3.63, 3.8) is 0 Å². The minimum absolute atomic E-state index is 0.758. The van der Waals surface area contributed by atoms with Crippen LogP contribution in [0.1, 0.15) is 0 Å². The minimum atomic E-state index is 0.758. The number of furan rings is 1. The third-order valence-electron chi connectivity index (χ3n) is 2.86. The zero-order valence-corrected chi connectivity index (χ0v) is 9.84. The molecule has 0 saturated heterocycles. The predicted octanol–water partition coefficient (Wildman–Crippen LogP) is 4.20. The van der Waals surface area contributed by atoms with Crippen molar-refractivity contribution in [3.05, 3.63) is 66.7 Å². The minimum Gasteiger partial charge on any atom is -0.456 e. The molecule has 3 aromatic rings. The molecule has 18 heavy (non-hydrogen) atoms. The maximum Gasteiger partial charge on any atom is 0.134 e. The van der Waals surface area contributed by atoms with Crippen LogP contribution in [0.5, 0.6) is 0 Å². The summed E-state index contributed by atoms with van der Waals surface area (Å²) < 4.78 is 5.85. The summed E-state index contributed by atoms with van der Waals surface area (Å²) in [7, 11) is 0. The summed E-state index contributed by atoms with van der Waals surface area (Å²) in [6.45, 7) is 0. The fourth-order valence-corrected chi connectivity index (χ4v) is 1.90. The zero-order valence-electron chi connectivity index (χ0n) is 9.84. The highest BCUT2D eigenvalue weighted by atomic mass is 16.3. The Kier molecular flexibility index (Phi) is 2.61. The molecule has 1 heterocycles. The third-order valence-corrected chi connectivity index (χ3v) is 2.86. The van der Waals surface area contributed by atoms with Crippen molar-refractivity contribution in [2.24, 2.45) is 0 Å². The molecule has 2 aromatic carbocycles. The van der Waals surface area contributed by atoms with Gasteiger partial charge in [-0.15, -0.1) is 0 Å². The largest absolute Gasteiger partial charge is 0.456 e. The quantitative estimate of drug-likeness (QED) is 0.676. The monoisotopic (exact) mass is 235 g/mol. The number of nitrogens with two attached hydrogens (primary N) is 1. The van der Waals surface area contributed by atoms with Gasteiger partial charge in [0.15, 0.2) is 0 Å². The van der Waals surface area contributed by atoms with Crippen molar-refractivity contribution < 1.29 is 4.42 Å². The molecule has 0 aliphatic rings. The van der Waals surface area contributed by atoms with Crippen molar-refractivity contribution in [3.8, 4) is 22.6 Å². The Morgan fingerprint density at radius 3 is 1.78 bits per heavy atom. The lowest BCUT2D eigenvalue weighted by Gasteiger charge is -1.99. The second-order valence-electron chi connectivity index (χ2n) is 4.15. The van der Waals surface area contributed by atoms with Gasteiger partial charge in [0.2, 0.25) is 0 Å². The second kappa shape index (κ2) is 4.41. The Morgan fingerprint density at radius 1 is 0.611 bits per heavy atom. The molecule has 2 N–H and O–H groups in total. The average molecular weight is 235 g/mol. The van der Waals surface area contributed by atoms with Crippen molar-refractivity contribution in [1.82, 2.24) is 0 Å². The number of rotatable bonds is 2. The first-order valence-electron chi connectivity index (χ1n) is 5.84. The summed E-state index contributed by atoms with van der Waals surface area (Å²) in [6.07, 6.45) is 0. The fourth-order valence-electron chi connectivity index (χ4n) is 1.90. The van der Waals surface area contributed by atoms with Gasteiger partial charge in [0.25, 0.3) is 0 Å². The summed E-state index contributed by atoms with van der Waals surface area (Å²) >= 11 is 0. The highest BCUT2D eigenvalue weighted by molar-refractivity contribution is 5.65. The van der Waals surface area contributed by atoms with Gasteiger partial charge in [-0.1, -0.05) is 30.3 Å². The van der Waals surface area contributed by atoms with Crippen LogP contribution in [-0.4, -0.2) is 0 Å². The molecule has 2 nitrogen and oxygen atoms in total. The van der Waals surface area contributed by atoms with E-state index in [1.807, 2.05) is 66.7 Å². The van der Waals surface area contributed by atoms with Gasteiger partial charge < -0.3 is 10.2 Å². The maximum atomic E-state index is 5.85. The smallest absolute Gasteiger partial charge is 0.134 e. The lowest BCUT2D eigenvalue weighted by Crippen LogP contribution is -1.82. The van der Waals surface area contributed by atoms with Crippen LogP contribution in [0.15, 0.2) is 71.1 Å². The predicted molar refractivity (Wildman–Crippen MR) is 74.0 cm³/mol. The van der Waals surface area contributed by atoms with Crippen LogP contribution < -0.4 is 5.73 Å². The topological polar surface area (TPSA) is 39.2 Å². The fraction of sp³-hybridized carbons (Fsp3) is 0. The molecular weight excluding hydrogens is 222 g/mol. The van der Waals surface area contributed by atoms with E-state index in [2.05, 4.69) is 0 Å². The van der Waals surface area contributed by atoms with Gasteiger partial charge in [0.1, 0.15) is 11.5 Å². The lowest BCUT2D eigenvalue weighted by molar-refractivity contribution is 0.597. The van der Waals surface area contributed by atoms with Crippen LogP contribution >= 0.6 is 0 Å². The first-order chi connectivity index (χ1) is 8.83. The Hall–Kier alpha value is -2.48. The van der Waals surface area contributed by atoms with Crippen LogP contribution in [0.3, 0.4) is 0 Å². The zero-order chi connectivity index (χ0) is 12.4. The average Bonchev–Trinajstić information content (AvgIpc) is 2.90. The first-order valence-corrected chi connectivity index (χ1v) is 5.84. The van der Waals surface area contributed by atoms with E-state index in [1.54, 1.807) is 0 Å². The standard InChI is InChI=1S/C16H13NO/c17-14-8-6-13(7-9-14)16-11-10-15(18-16)12-4-2-1-3-5-12/h1-11H,17H2. The molecule has 0 unspecified atom stereocenters. The van der Waals surface area contributed by atoms with E-state index in [1.165, 1.54) is 0 Å². The van der Waals surface area contributed by atoms with Crippen molar-refractivity contribution >= 4 is 5.69 Å². The van der Waals surface area contributed by atoms with Gasteiger partial charge in [0.05, 0.1) is 0 Å². The Morgan fingerprint density at radius 2 is 1.17 bits per heavy atom. The number of hydrogen-bond donors (Lipinski definition) is 1. The number of nitrogen functional groups attached to an aromatic ring is 1. The lowest BCUT2D eigenvalue weighted by atomic mass is 10.1. The van der Waals surface area contributed by atoms with Gasteiger partial charge in [-0.3, -0.25) is 0 Å². The van der Waals surface area contributed by atoms with E-state index in [-0.39, 0.29) is 0 Å². The molecule has 0 atom stereocenters. The van der Waals surface area contributed by atoms with Gasteiger partial charge in [0, 0.05) is 16.8 Å². The molecule has 88 valence electrons. The van der Waals surface area contributed by atoms with Gasteiger partial charge in [-0.05, 0) is 36.4 Å². The van der Waals surface area contributed by atoms with E-state index in [9.17, 15) is 0 Å². The highest BCUT2D eigenvalue weighted by Crippen LogP contribution is 2.28. The summed E-state index contributed by atoms with van der Waals surface area (Å²) in [5, 5.41) is 0. The van der Waals surface area contributed by atoms with E-state index >= 15 is 0 Å². The molecule has 0 saturated carbocycles. The molecule has 3 rings (SSSR count). The summed E-state index contributed by atoms with van der Waals surface area (Å²) in [5.74, 6) is 1.73. The van der Waals surface area contributed by atoms with Crippen LogP contribution in [0, 0.1) is 0 Å². The van der Waals surface area contributed by atoms with Crippen molar-refractivity contribution in [2.45, 2.75) is 0 Å². The van der Waals surface area contributed by atoms with Crippen molar-refractivity contribution in [2.75, 3.05) is 5.73 Å². The third kappa shape index (κ3) is 2.00. The maximum absolute atomic E-state index is 5.85. The van der Waals surface area contributed by atoms with Crippen molar-refractivity contribution in [1.29, 1.82) is 0 Å². The summed E-state index contributed by atoms with van der Waals surface area (Å²) in [6, 6.07) is 21.7. The van der Waals surface area contributed by atoms with Gasteiger partial charge in [-0.2, -0.15) is 0 Å². The van der Waals surface area contributed by atoms with Crippen LogP contribution in [-0.2, 0) is 0 Å². The van der Waals surface area contributed by atoms with Crippen LogP contribution in [0.25, 0.3) is 22.6 Å². The molecule has 0 aliphatic heterocycles. The normalized spacial score (nSPS) is 10.4. The Balaban J connectivity index is 1.97. The SMILES string of the molecule is Nc1ccc(-c2ccc(-c3ccccc3)o2)cc1. The van der Waals surface area contributed by atoms with E-state index in [0.717, 1.165) is 28.3 Å². The summed E-state index contributed by atoms with van der Waals surface area (Å²) in [4.78, 5) is 0. The number of anilines is 1. The summed E-state index contributed by atoms with van der Waals surface area (Å²) in [5.41, 5.74) is 8.54. The Bertz CT molecular complexity index is 638. The van der Waals surface area contributed by atoms with E-state index in [0.29, 0.717) is 0 Å². The van der Waals surface area contributed by atoms with E-state index < -0.39 is 0 Å². The molecule has 1 aromatic heterocycles. The van der Waals surface area contributed by atoms with E-state index in [4.69, 9.17) is 10.2 Å². The molecule has 0 aliphatic carbocycles. The molecule has 0 spiro atoms. The van der Waals surface area contributed by atoms with Gasteiger partial charge in [-0.25, -0.2) is 0 Å². The molecule has 2 heteroatoms. The molecule has 0 amide bonds. The molecule has 0 radical (unpaired) electrons. The van der Waals surface area contributed by atoms with Gasteiger partial charge >= 0.3 is 0 Å². The highest BCUT2D eigenvalue weighted by Gasteiger charge is 2.05. The van der Waals surface area contributed by atoms with Crippen LogP contribution in [0.4, 0.5) is 5.69 Å². The molecule has 0 fully saturated rings.